The molecule has 0 bridgehead atoms. The molecule has 0 amide bonds. The van der Waals surface area contributed by atoms with Crippen molar-refractivity contribution in [1.29, 1.82) is 0 Å². The van der Waals surface area contributed by atoms with Gasteiger partial charge in [0, 0.05) is 10.6 Å². The highest BCUT2D eigenvalue weighted by molar-refractivity contribution is 8.00. The number of ether oxygens (including phenoxy) is 1. The normalized spacial score (nSPS) is 12.0. The van der Waals surface area contributed by atoms with Crippen LogP contribution >= 0.6 is 23.4 Å². The average molecular weight is 375 g/mol. The molecular formula is C17H15ClN4O2S. The topological polar surface area (TPSA) is 69.9 Å². The maximum atomic E-state index is 12.6. The molecule has 25 heavy (non-hydrogen) atoms. The first-order chi connectivity index (χ1) is 12.1. The summed E-state index contributed by atoms with van der Waals surface area (Å²) in [6.45, 7) is 1.83. The van der Waals surface area contributed by atoms with Crippen LogP contribution in [0.2, 0.25) is 5.02 Å². The molecule has 8 heteroatoms. The molecule has 0 fully saturated rings. The summed E-state index contributed by atoms with van der Waals surface area (Å²) >= 11 is 7.17. The fraction of sp³-hybridized carbons (Fsp3) is 0.176. The van der Waals surface area contributed by atoms with Gasteiger partial charge in [-0.1, -0.05) is 23.4 Å². The Morgan fingerprint density at radius 1 is 1.16 bits per heavy atom. The van der Waals surface area contributed by atoms with Crippen LogP contribution in [0.4, 0.5) is 0 Å². The molecule has 2 aromatic carbocycles. The summed E-state index contributed by atoms with van der Waals surface area (Å²) in [7, 11) is 1.61. The van der Waals surface area contributed by atoms with E-state index in [-0.39, 0.29) is 11.0 Å². The zero-order chi connectivity index (χ0) is 17.8. The SMILES string of the molecule is COc1ccc(-n2nnnc2SC(C)C(=O)c2ccc(Cl)cc2)cc1. The van der Waals surface area contributed by atoms with E-state index in [9.17, 15) is 4.79 Å². The van der Waals surface area contributed by atoms with Crippen LogP contribution in [0.5, 0.6) is 5.75 Å². The van der Waals surface area contributed by atoms with Gasteiger partial charge in [-0.3, -0.25) is 4.79 Å². The van der Waals surface area contributed by atoms with Gasteiger partial charge in [-0.05, 0) is 65.9 Å². The number of methoxy groups -OCH3 is 1. The van der Waals surface area contributed by atoms with Crippen molar-refractivity contribution in [3.05, 3.63) is 59.1 Å². The van der Waals surface area contributed by atoms with Crippen molar-refractivity contribution in [2.24, 2.45) is 0 Å². The van der Waals surface area contributed by atoms with E-state index in [0.29, 0.717) is 15.7 Å². The second kappa shape index (κ2) is 7.67. The van der Waals surface area contributed by atoms with E-state index >= 15 is 0 Å². The molecule has 1 unspecified atom stereocenters. The highest BCUT2D eigenvalue weighted by Crippen LogP contribution is 2.26. The number of hydrogen-bond acceptors (Lipinski definition) is 6. The smallest absolute Gasteiger partial charge is 0.214 e. The summed E-state index contributed by atoms with van der Waals surface area (Å²) in [5, 5.41) is 12.5. The number of thioether (sulfide) groups is 1. The summed E-state index contributed by atoms with van der Waals surface area (Å²) < 4.78 is 6.74. The second-order valence-corrected chi connectivity index (χ2v) is 6.95. The largest absolute Gasteiger partial charge is 0.497 e. The van der Waals surface area contributed by atoms with Crippen LogP contribution in [0, 0.1) is 0 Å². The number of ketones is 1. The van der Waals surface area contributed by atoms with Crippen LogP contribution in [0.1, 0.15) is 17.3 Å². The molecule has 3 aromatic rings. The molecule has 0 spiro atoms. The summed E-state index contributed by atoms with van der Waals surface area (Å²) in [5.74, 6) is 0.739. The third kappa shape index (κ3) is 4.00. The number of tetrazole rings is 1. The van der Waals surface area contributed by atoms with Gasteiger partial charge in [-0.2, -0.15) is 4.68 Å². The maximum absolute atomic E-state index is 12.6. The van der Waals surface area contributed by atoms with Crippen LogP contribution in [0.25, 0.3) is 5.69 Å². The molecule has 128 valence electrons. The number of aromatic nitrogens is 4. The van der Waals surface area contributed by atoms with E-state index in [4.69, 9.17) is 16.3 Å². The first kappa shape index (κ1) is 17.4. The average Bonchev–Trinajstić information content (AvgIpc) is 3.10. The Bertz CT molecular complexity index is 865. The van der Waals surface area contributed by atoms with Crippen molar-refractivity contribution in [3.8, 4) is 11.4 Å². The number of carbonyl (C=O) groups excluding carboxylic acids is 1. The summed E-state index contributed by atoms with van der Waals surface area (Å²) in [5.41, 5.74) is 1.40. The van der Waals surface area contributed by atoms with Crippen LogP contribution < -0.4 is 4.74 Å². The predicted molar refractivity (Wildman–Crippen MR) is 96.8 cm³/mol. The zero-order valence-corrected chi connectivity index (χ0v) is 15.2. The van der Waals surface area contributed by atoms with Crippen molar-refractivity contribution in [2.45, 2.75) is 17.3 Å². The van der Waals surface area contributed by atoms with Gasteiger partial charge in [0.1, 0.15) is 5.75 Å². The molecule has 0 aliphatic rings. The molecule has 6 nitrogen and oxygen atoms in total. The Hall–Kier alpha value is -2.38. The molecule has 0 aliphatic carbocycles. The van der Waals surface area contributed by atoms with Crippen molar-refractivity contribution >= 4 is 29.1 Å². The second-order valence-electron chi connectivity index (χ2n) is 5.20. The van der Waals surface area contributed by atoms with Gasteiger partial charge in [-0.15, -0.1) is 5.10 Å². The van der Waals surface area contributed by atoms with E-state index in [2.05, 4.69) is 15.5 Å². The van der Waals surface area contributed by atoms with Gasteiger partial charge >= 0.3 is 0 Å². The van der Waals surface area contributed by atoms with Crippen molar-refractivity contribution in [3.63, 3.8) is 0 Å². The molecular weight excluding hydrogens is 360 g/mol. The molecule has 0 saturated carbocycles. The molecule has 1 heterocycles. The van der Waals surface area contributed by atoms with Gasteiger partial charge in [0.2, 0.25) is 5.16 Å². The zero-order valence-electron chi connectivity index (χ0n) is 13.6. The first-order valence-electron chi connectivity index (χ1n) is 7.47. The lowest BCUT2D eigenvalue weighted by molar-refractivity contribution is 0.0994. The summed E-state index contributed by atoms with van der Waals surface area (Å²) in [6, 6.07) is 14.2. The third-order valence-corrected chi connectivity index (χ3v) is 4.82. The fourth-order valence-corrected chi connectivity index (χ4v) is 3.21. The molecule has 0 saturated heterocycles. The van der Waals surface area contributed by atoms with Gasteiger partial charge in [0.25, 0.3) is 0 Å². The minimum absolute atomic E-state index is 0.00838. The number of nitrogens with zero attached hydrogens (tertiary/aromatic N) is 4. The van der Waals surface area contributed by atoms with E-state index in [0.717, 1.165) is 11.4 Å². The van der Waals surface area contributed by atoms with Crippen LogP contribution in [-0.4, -0.2) is 38.4 Å². The monoisotopic (exact) mass is 374 g/mol. The van der Waals surface area contributed by atoms with Crippen molar-refractivity contribution in [1.82, 2.24) is 20.2 Å². The summed E-state index contributed by atoms with van der Waals surface area (Å²) in [6.07, 6.45) is 0. The van der Waals surface area contributed by atoms with E-state index < -0.39 is 0 Å². The molecule has 1 atom stereocenters. The Morgan fingerprint density at radius 3 is 2.48 bits per heavy atom. The minimum atomic E-state index is -0.343. The maximum Gasteiger partial charge on any atom is 0.214 e. The minimum Gasteiger partial charge on any atom is -0.497 e. The summed E-state index contributed by atoms with van der Waals surface area (Å²) in [4.78, 5) is 12.6. The van der Waals surface area contributed by atoms with Gasteiger partial charge in [-0.25, -0.2) is 0 Å². The third-order valence-electron chi connectivity index (χ3n) is 3.54. The Balaban J connectivity index is 1.78. The molecule has 1 aromatic heterocycles. The number of Topliss-reactive ketones (excluding diaryl/α,β-unsaturated/α-hetero) is 1. The lowest BCUT2D eigenvalue weighted by atomic mass is 10.1. The van der Waals surface area contributed by atoms with Crippen molar-refractivity contribution in [2.75, 3.05) is 7.11 Å². The standard InChI is InChI=1S/C17H15ClN4O2S/c1-11(16(23)12-3-5-13(18)6-4-12)25-17-19-20-21-22(17)14-7-9-15(24-2)10-8-14/h3-11H,1-2H3. The Labute approximate surface area is 154 Å². The predicted octanol–water partition coefficient (Wildman–Crippen LogP) is 3.69. The number of benzene rings is 2. The highest BCUT2D eigenvalue weighted by Gasteiger charge is 2.20. The van der Waals surface area contributed by atoms with Crippen LogP contribution in [0.3, 0.4) is 0 Å². The number of halogens is 1. The molecule has 3 rings (SSSR count). The van der Waals surface area contributed by atoms with E-state index in [1.54, 1.807) is 36.1 Å². The van der Waals surface area contributed by atoms with Gasteiger partial charge in [0.05, 0.1) is 18.0 Å². The molecule has 0 N–H and O–H groups in total. The first-order valence-corrected chi connectivity index (χ1v) is 8.73. The van der Waals surface area contributed by atoms with Crippen LogP contribution in [0.15, 0.2) is 53.7 Å². The van der Waals surface area contributed by atoms with E-state index in [1.165, 1.54) is 11.8 Å². The number of rotatable bonds is 6. The van der Waals surface area contributed by atoms with Crippen LogP contribution in [-0.2, 0) is 0 Å². The van der Waals surface area contributed by atoms with Crippen molar-refractivity contribution < 1.29 is 9.53 Å². The Morgan fingerprint density at radius 2 is 1.84 bits per heavy atom. The lowest BCUT2D eigenvalue weighted by Crippen LogP contribution is -2.14. The fourth-order valence-electron chi connectivity index (χ4n) is 2.20. The molecule has 0 aliphatic heterocycles. The Kier molecular flexibility index (Phi) is 5.35. The lowest BCUT2D eigenvalue weighted by Gasteiger charge is -2.10. The van der Waals surface area contributed by atoms with Gasteiger partial charge in [0.15, 0.2) is 5.78 Å². The molecule has 0 radical (unpaired) electrons. The highest BCUT2D eigenvalue weighted by atomic mass is 35.5. The number of carbonyl (C=O) groups is 1. The van der Waals surface area contributed by atoms with Gasteiger partial charge < -0.3 is 4.74 Å². The number of hydrogen-bond donors (Lipinski definition) is 0. The quantitative estimate of drug-likeness (QED) is 0.484. The van der Waals surface area contributed by atoms with E-state index in [1.807, 2.05) is 31.2 Å².